The third-order valence-electron chi connectivity index (χ3n) is 4.52. The minimum absolute atomic E-state index is 0.0971. The van der Waals surface area contributed by atoms with Gasteiger partial charge >= 0.3 is 0 Å². The molecule has 1 aliphatic heterocycles. The van der Waals surface area contributed by atoms with Crippen LogP contribution in [0.15, 0.2) is 24.4 Å². The van der Waals surface area contributed by atoms with Gasteiger partial charge in [0.25, 0.3) is 0 Å². The predicted molar refractivity (Wildman–Crippen MR) is 107 cm³/mol. The van der Waals surface area contributed by atoms with Gasteiger partial charge in [0.2, 0.25) is 11.6 Å². The average Bonchev–Trinajstić information content (AvgIpc) is 2.71. The van der Waals surface area contributed by atoms with Gasteiger partial charge in [-0.25, -0.2) is 9.97 Å². The summed E-state index contributed by atoms with van der Waals surface area (Å²) in [5.41, 5.74) is 1.58. The van der Waals surface area contributed by atoms with Gasteiger partial charge in [0.1, 0.15) is 6.10 Å². The number of aliphatic hydroxyl groups is 1. The fraction of sp³-hybridized carbons (Fsp3) is 0.500. The second-order valence-corrected chi connectivity index (χ2v) is 6.59. The van der Waals surface area contributed by atoms with E-state index in [1.807, 2.05) is 19.1 Å². The highest BCUT2D eigenvalue weighted by Crippen LogP contribution is 2.36. The number of hydrogen-bond donors (Lipinski definition) is 3. The zero-order valence-electron chi connectivity index (χ0n) is 16.4. The summed E-state index contributed by atoms with van der Waals surface area (Å²) in [6, 6.07) is 5.50. The number of nitrogens with one attached hydrogen (secondary N) is 2. The van der Waals surface area contributed by atoms with Crippen molar-refractivity contribution in [2.75, 3.05) is 38.7 Å². The Kier molecular flexibility index (Phi) is 7.27. The molecule has 2 aromatic heterocycles. The fourth-order valence-corrected chi connectivity index (χ4v) is 3.02. The van der Waals surface area contributed by atoms with Gasteiger partial charge in [0, 0.05) is 31.4 Å². The van der Waals surface area contributed by atoms with Gasteiger partial charge in [-0.3, -0.25) is 0 Å². The maximum atomic E-state index is 8.84. The number of aryl methyl sites for hydroxylation is 1. The van der Waals surface area contributed by atoms with Gasteiger partial charge in [-0.1, -0.05) is 0 Å². The van der Waals surface area contributed by atoms with E-state index in [0.717, 1.165) is 37.3 Å². The van der Waals surface area contributed by atoms with E-state index in [4.69, 9.17) is 19.3 Å². The van der Waals surface area contributed by atoms with Crippen molar-refractivity contribution in [3.05, 3.63) is 30.1 Å². The van der Waals surface area contributed by atoms with Crippen LogP contribution in [0.4, 0.5) is 11.5 Å². The number of rotatable bonds is 9. The molecule has 152 valence electrons. The van der Waals surface area contributed by atoms with Crippen LogP contribution >= 0.6 is 0 Å². The van der Waals surface area contributed by atoms with Crippen LogP contribution < -0.4 is 24.8 Å². The first-order valence-corrected chi connectivity index (χ1v) is 9.60. The summed E-state index contributed by atoms with van der Waals surface area (Å²) in [4.78, 5) is 8.85. The van der Waals surface area contributed by atoms with E-state index in [1.54, 1.807) is 19.4 Å². The topological polar surface area (TPSA) is 97.8 Å². The minimum atomic E-state index is 0.0971. The minimum Gasteiger partial charge on any atom is -0.490 e. The predicted octanol–water partition coefficient (Wildman–Crippen LogP) is 2.43. The molecule has 8 heteroatoms. The van der Waals surface area contributed by atoms with Crippen LogP contribution in [0.2, 0.25) is 0 Å². The normalized spacial score (nSPS) is 14.5. The van der Waals surface area contributed by atoms with Gasteiger partial charge in [-0.15, -0.1) is 0 Å². The highest BCUT2D eigenvalue weighted by molar-refractivity contribution is 5.67. The Morgan fingerprint density at radius 3 is 2.79 bits per heavy atom. The van der Waals surface area contributed by atoms with Crippen molar-refractivity contribution in [3.63, 3.8) is 0 Å². The Morgan fingerprint density at radius 2 is 2.07 bits per heavy atom. The molecule has 0 bridgehead atoms. The molecule has 0 aromatic carbocycles. The average molecular weight is 388 g/mol. The van der Waals surface area contributed by atoms with E-state index in [9.17, 15) is 0 Å². The lowest BCUT2D eigenvalue weighted by Gasteiger charge is -2.25. The third-order valence-corrected chi connectivity index (χ3v) is 4.52. The van der Waals surface area contributed by atoms with Crippen molar-refractivity contribution in [1.29, 1.82) is 0 Å². The van der Waals surface area contributed by atoms with Crippen LogP contribution in [-0.2, 0) is 0 Å². The van der Waals surface area contributed by atoms with Gasteiger partial charge in [-0.05, 0) is 38.9 Å². The van der Waals surface area contributed by atoms with Crippen LogP contribution in [0.1, 0.15) is 25.0 Å². The number of anilines is 2. The SMILES string of the molecule is COc1c(OC2CCNCC2)ccnc1Nc1ccc(OCCCO)nc1C. The number of aliphatic hydroxyl groups excluding tert-OH is 1. The van der Waals surface area contributed by atoms with Gasteiger partial charge < -0.3 is 30.0 Å². The maximum Gasteiger partial charge on any atom is 0.213 e. The quantitative estimate of drug-likeness (QED) is 0.564. The lowest BCUT2D eigenvalue weighted by molar-refractivity contribution is 0.156. The van der Waals surface area contributed by atoms with Crippen LogP contribution in [0.3, 0.4) is 0 Å². The summed E-state index contributed by atoms with van der Waals surface area (Å²) in [7, 11) is 1.61. The monoisotopic (exact) mass is 388 g/mol. The summed E-state index contributed by atoms with van der Waals surface area (Å²) < 4.78 is 17.3. The second kappa shape index (κ2) is 10.1. The fourth-order valence-electron chi connectivity index (χ4n) is 3.02. The highest BCUT2D eigenvalue weighted by Gasteiger charge is 2.19. The van der Waals surface area contributed by atoms with Crippen molar-refractivity contribution < 1.29 is 19.3 Å². The second-order valence-electron chi connectivity index (χ2n) is 6.59. The van der Waals surface area contributed by atoms with Crippen molar-refractivity contribution >= 4 is 11.5 Å². The molecule has 0 atom stereocenters. The van der Waals surface area contributed by atoms with Crippen LogP contribution in [0.25, 0.3) is 0 Å². The van der Waals surface area contributed by atoms with Crippen molar-refractivity contribution in [2.24, 2.45) is 0 Å². The van der Waals surface area contributed by atoms with Crippen LogP contribution in [0.5, 0.6) is 17.4 Å². The maximum absolute atomic E-state index is 8.84. The van der Waals surface area contributed by atoms with E-state index in [-0.39, 0.29) is 12.7 Å². The number of pyridine rings is 2. The molecule has 1 saturated heterocycles. The van der Waals surface area contributed by atoms with E-state index >= 15 is 0 Å². The number of methoxy groups -OCH3 is 1. The molecule has 0 spiro atoms. The van der Waals surface area contributed by atoms with E-state index in [1.165, 1.54) is 0 Å². The Bertz CT molecular complexity index is 766. The lowest BCUT2D eigenvalue weighted by Crippen LogP contribution is -2.34. The standard InChI is InChI=1S/C20H28N4O4/c1-14-16(4-5-18(23-14)27-13-3-12-25)24-20-19(26-2)17(8-11-22-20)28-15-6-9-21-10-7-15/h4-5,8,11,15,21,25H,3,6-7,9-10,12-13H2,1-2H3,(H,22,24). The van der Waals surface area contributed by atoms with E-state index in [0.29, 0.717) is 36.2 Å². The molecule has 0 radical (unpaired) electrons. The first kappa shape index (κ1) is 20.2. The Balaban J connectivity index is 1.73. The summed E-state index contributed by atoms with van der Waals surface area (Å²) >= 11 is 0. The highest BCUT2D eigenvalue weighted by atomic mass is 16.5. The molecule has 8 nitrogen and oxygen atoms in total. The Labute approximate surface area is 165 Å². The molecule has 1 aliphatic rings. The van der Waals surface area contributed by atoms with E-state index in [2.05, 4.69) is 20.6 Å². The van der Waals surface area contributed by atoms with Gasteiger partial charge in [-0.2, -0.15) is 0 Å². The molecule has 0 unspecified atom stereocenters. The zero-order valence-corrected chi connectivity index (χ0v) is 16.4. The first-order chi connectivity index (χ1) is 13.7. The molecule has 28 heavy (non-hydrogen) atoms. The Morgan fingerprint density at radius 1 is 1.25 bits per heavy atom. The summed E-state index contributed by atoms with van der Waals surface area (Å²) in [5, 5.41) is 15.5. The smallest absolute Gasteiger partial charge is 0.213 e. The number of nitrogens with zero attached hydrogens (tertiary/aromatic N) is 2. The molecule has 2 aromatic rings. The van der Waals surface area contributed by atoms with Crippen LogP contribution in [0, 0.1) is 6.92 Å². The first-order valence-electron chi connectivity index (χ1n) is 9.60. The summed E-state index contributed by atoms with van der Waals surface area (Å²) in [6.07, 6.45) is 4.38. The molecule has 0 saturated carbocycles. The van der Waals surface area contributed by atoms with Crippen LogP contribution in [-0.4, -0.2) is 54.6 Å². The molecule has 3 rings (SSSR count). The number of ether oxygens (including phenoxy) is 3. The summed E-state index contributed by atoms with van der Waals surface area (Å²) in [6.45, 7) is 4.34. The van der Waals surface area contributed by atoms with Crippen molar-refractivity contribution in [1.82, 2.24) is 15.3 Å². The lowest BCUT2D eigenvalue weighted by atomic mass is 10.1. The number of hydrogen-bond acceptors (Lipinski definition) is 8. The molecule has 0 aliphatic carbocycles. The van der Waals surface area contributed by atoms with E-state index < -0.39 is 0 Å². The molecular weight excluding hydrogens is 360 g/mol. The third kappa shape index (κ3) is 5.24. The Hall–Kier alpha value is -2.58. The van der Waals surface area contributed by atoms with Gasteiger partial charge in [0.05, 0.1) is 25.1 Å². The zero-order chi connectivity index (χ0) is 19.8. The number of piperidine rings is 1. The molecule has 0 amide bonds. The largest absolute Gasteiger partial charge is 0.490 e. The molecule has 3 N–H and O–H groups in total. The molecular formula is C20H28N4O4. The van der Waals surface area contributed by atoms with Crippen molar-refractivity contribution in [2.45, 2.75) is 32.3 Å². The van der Waals surface area contributed by atoms with Crippen molar-refractivity contribution in [3.8, 4) is 17.4 Å². The van der Waals surface area contributed by atoms with Gasteiger partial charge in [0.15, 0.2) is 11.6 Å². The molecule has 1 fully saturated rings. The summed E-state index contributed by atoms with van der Waals surface area (Å²) in [5.74, 6) is 2.36. The number of aromatic nitrogens is 2. The molecule has 3 heterocycles.